The summed E-state index contributed by atoms with van der Waals surface area (Å²) in [5.74, 6) is 0. The molecule has 6 heteroatoms. The van der Waals surface area contributed by atoms with Crippen molar-refractivity contribution in [1.82, 2.24) is 0 Å². The number of hydrogen-bond donors (Lipinski definition) is 1. The fraction of sp³-hybridized carbons (Fsp3) is 0.125. The number of benzene rings is 1. The number of alkyl halides is 3. The van der Waals surface area contributed by atoms with Gasteiger partial charge in [0.2, 0.25) is 0 Å². The second kappa shape index (κ2) is 3.50. The molecule has 1 aromatic carbocycles. The minimum absolute atomic E-state index is 0.176. The smallest absolute Gasteiger partial charge is 0.397 e. The molecule has 1 rings (SSSR count). The van der Waals surface area contributed by atoms with Crippen molar-refractivity contribution in [3.8, 4) is 6.07 Å². The van der Waals surface area contributed by atoms with Crippen LogP contribution in [0.5, 0.6) is 0 Å². The van der Waals surface area contributed by atoms with Gasteiger partial charge in [-0.3, -0.25) is 0 Å². The van der Waals surface area contributed by atoms with Gasteiger partial charge in [0.05, 0.1) is 16.8 Å². The maximum atomic E-state index is 12.3. The summed E-state index contributed by atoms with van der Waals surface area (Å²) in [6.45, 7) is 0. The quantitative estimate of drug-likeness (QED) is 0.733. The van der Waals surface area contributed by atoms with E-state index >= 15 is 0 Å². The van der Waals surface area contributed by atoms with Crippen molar-refractivity contribution in [3.63, 3.8) is 0 Å². The first kappa shape index (κ1) is 10.9. The second-order valence-corrected chi connectivity index (χ2v) is 3.44. The van der Waals surface area contributed by atoms with Gasteiger partial charge in [-0.15, -0.1) is 0 Å². The Bertz CT molecular complexity index is 406. The molecule has 0 saturated carbocycles. The molecule has 0 aliphatic rings. The predicted octanol–water partition coefficient (Wildman–Crippen LogP) is 2.92. The molecule has 0 heterocycles. The fourth-order valence-corrected chi connectivity index (χ4v) is 1.40. The number of anilines is 1. The number of nitriles is 1. The van der Waals surface area contributed by atoms with Crippen molar-refractivity contribution in [2.45, 2.75) is 6.18 Å². The van der Waals surface area contributed by atoms with Crippen LogP contribution < -0.4 is 5.73 Å². The van der Waals surface area contributed by atoms with Gasteiger partial charge in [-0.2, -0.15) is 18.4 Å². The van der Waals surface area contributed by atoms with Crippen molar-refractivity contribution >= 4 is 21.6 Å². The number of rotatable bonds is 0. The fourth-order valence-electron chi connectivity index (χ4n) is 0.945. The van der Waals surface area contributed by atoms with E-state index in [9.17, 15) is 13.2 Å². The molecule has 0 aliphatic heterocycles. The van der Waals surface area contributed by atoms with Crippen LogP contribution in [0.4, 0.5) is 18.9 Å². The van der Waals surface area contributed by atoms with Gasteiger partial charge >= 0.3 is 6.18 Å². The lowest BCUT2D eigenvalue weighted by molar-refractivity contribution is -0.136. The Morgan fingerprint density at radius 3 is 2.36 bits per heavy atom. The van der Waals surface area contributed by atoms with Gasteiger partial charge in [-0.25, -0.2) is 0 Å². The SMILES string of the molecule is N#Cc1cc(Br)cc(C(F)(F)F)c1N. The number of nitrogens with two attached hydrogens (primary N) is 1. The zero-order valence-electron chi connectivity index (χ0n) is 6.69. The number of nitrogens with zero attached hydrogens (tertiary/aromatic N) is 1. The van der Waals surface area contributed by atoms with Crippen LogP contribution in [0.15, 0.2) is 16.6 Å². The summed E-state index contributed by atoms with van der Waals surface area (Å²) in [7, 11) is 0. The third-order valence-electron chi connectivity index (χ3n) is 1.57. The summed E-state index contributed by atoms with van der Waals surface area (Å²) in [4.78, 5) is 0. The summed E-state index contributed by atoms with van der Waals surface area (Å²) in [5, 5.41) is 8.51. The van der Waals surface area contributed by atoms with Crippen molar-refractivity contribution in [2.24, 2.45) is 0 Å². The van der Waals surface area contributed by atoms with Crippen molar-refractivity contribution in [2.75, 3.05) is 5.73 Å². The lowest BCUT2D eigenvalue weighted by atomic mass is 10.1. The molecule has 0 atom stereocenters. The van der Waals surface area contributed by atoms with Crippen LogP contribution in [0.25, 0.3) is 0 Å². The van der Waals surface area contributed by atoms with Crippen LogP contribution in [0.3, 0.4) is 0 Å². The van der Waals surface area contributed by atoms with Crippen molar-refractivity contribution in [3.05, 3.63) is 27.7 Å². The Morgan fingerprint density at radius 2 is 1.93 bits per heavy atom. The zero-order valence-corrected chi connectivity index (χ0v) is 8.28. The molecule has 0 spiro atoms. The largest absolute Gasteiger partial charge is 0.418 e. The highest BCUT2D eigenvalue weighted by Gasteiger charge is 2.34. The van der Waals surface area contributed by atoms with Crippen LogP contribution in [-0.2, 0) is 6.18 Å². The highest BCUT2D eigenvalue weighted by atomic mass is 79.9. The average Bonchev–Trinajstić information content (AvgIpc) is 2.06. The molecular formula is C8H4BrF3N2. The highest BCUT2D eigenvalue weighted by molar-refractivity contribution is 9.10. The molecule has 0 radical (unpaired) electrons. The molecule has 0 fully saturated rings. The number of hydrogen-bond acceptors (Lipinski definition) is 2. The van der Waals surface area contributed by atoms with E-state index in [0.29, 0.717) is 0 Å². The van der Waals surface area contributed by atoms with E-state index < -0.39 is 17.4 Å². The van der Waals surface area contributed by atoms with E-state index in [0.717, 1.165) is 6.07 Å². The standard InChI is InChI=1S/C8H4BrF3N2/c9-5-1-4(3-13)7(14)6(2-5)8(10,11)12/h1-2H,14H2. The van der Waals surface area contributed by atoms with Crippen LogP contribution in [0.2, 0.25) is 0 Å². The zero-order chi connectivity index (χ0) is 10.9. The molecule has 0 aromatic heterocycles. The van der Waals surface area contributed by atoms with Crippen LogP contribution in [-0.4, -0.2) is 0 Å². The van der Waals surface area contributed by atoms with E-state index in [1.54, 1.807) is 6.07 Å². The molecule has 14 heavy (non-hydrogen) atoms. The van der Waals surface area contributed by atoms with Crippen molar-refractivity contribution in [1.29, 1.82) is 5.26 Å². The van der Waals surface area contributed by atoms with Gasteiger partial charge in [0, 0.05) is 4.47 Å². The molecule has 0 bridgehead atoms. The molecular weight excluding hydrogens is 261 g/mol. The maximum Gasteiger partial charge on any atom is 0.418 e. The van der Waals surface area contributed by atoms with Crippen LogP contribution in [0.1, 0.15) is 11.1 Å². The summed E-state index contributed by atoms with van der Waals surface area (Å²) in [5.41, 5.74) is 3.46. The van der Waals surface area contributed by atoms with Gasteiger partial charge < -0.3 is 5.73 Å². The minimum atomic E-state index is -4.54. The first-order valence-corrected chi connectivity index (χ1v) is 4.22. The molecule has 0 unspecified atom stereocenters. The molecule has 1 aromatic rings. The Morgan fingerprint density at radius 1 is 1.36 bits per heavy atom. The molecule has 0 saturated heterocycles. The van der Waals surface area contributed by atoms with Gasteiger partial charge in [0.25, 0.3) is 0 Å². The summed E-state index contributed by atoms with van der Waals surface area (Å²) in [6.07, 6.45) is -4.54. The van der Waals surface area contributed by atoms with Gasteiger partial charge in [-0.1, -0.05) is 15.9 Å². The Labute approximate surface area is 86.3 Å². The Kier molecular flexibility index (Phi) is 2.71. The third-order valence-corrected chi connectivity index (χ3v) is 2.03. The summed E-state index contributed by atoms with van der Waals surface area (Å²) >= 11 is 2.87. The Hall–Kier alpha value is -1.22. The Balaban J connectivity index is 3.47. The summed E-state index contributed by atoms with van der Waals surface area (Å²) in [6, 6.07) is 3.68. The van der Waals surface area contributed by atoms with Crippen LogP contribution >= 0.6 is 15.9 Å². The van der Waals surface area contributed by atoms with Gasteiger partial charge in [-0.05, 0) is 12.1 Å². The summed E-state index contributed by atoms with van der Waals surface area (Å²) < 4.78 is 37.2. The lowest BCUT2D eigenvalue weighted by Crippen LogP contribution is -2.10. The first-order valence-electron chi connectivity index (χ1n) is 3.42. The number of nitrogen functional groups attached to an aromatic ring is 1. The van der Waals surface area contributed by atoms with Crippen LogP contribution in [0, 0.1) is 11.3 Å². The van der Waals surface area contributed by atoms with E-state index in [-0.39, 0.29) is 10.0 Å². The third kappa shape index (κ3) is 1.99. The van der Waals surface area contributed by atoms with Crippen molar-refractivity contribution < 1.29 is 13.2 Å². The van der Waals surface area contributed by atoms with E-state index in [4.69, 9.17) is 11.0 Å². The van der Waals surface area contributed by atoms with E-state index in [2.05, 4.69) is 15.9 Å². The normalized spacial score (nSPS) is 11.1. The van der Waals surface area contributed by atoms with Gasteiger partial charge in [0.15, 0.2) is 0 Å². The molecule has 2 N–H and O–H groups in total. The van der Waals surface area contributed by atoms with E-state index in [1.165, 1.54) is 6.07 Å². The topological polar surface area (TPSA) is 49.8 Å². The minimum Gasteiger partial charge on any atom is -0.397 e. The number of halogens is 4. The molecule has 74 valence electrons. The maximum absolute atomic E-state index is 12.3. The van der Waals surface area contributed by atoms with Gasteiger partial charge in [0.1, 0.15) is 6.07 Å². The van der Waals surface area contributed by atoms with E-state index in [1.807, 2.05) is 0 Å². The molecule has 0 aliphatic carbocycles. The lowest BCUT2D eigenvalue weighted by Gasteiger charge is -2.11. The highest BCUT2D eigenvalue weighted by Crippen LogP contribution is 2.36. The monoisotopic (exact) mass is 264 g/mol. The molecule has 0 amide bonds. The first-order chi connectivity index (χ1) is 6.36. The average molecular weight is 265 g/mol. The predicted molar refractivity (Wildman–Crippen MR) is 48.3 cm³/mol. The second-order valence-electron chi connectivity index (χ2n) is 2.52. The molecule has 2 nitrogen and oxygen atoms in total.